The Balaban J connectivity index is 1.44. The number of halogens is 4. The molecule has 0 aromatic heterocycles. The molecule has 4 rings (SSSR count). The Morgan fingerprint density at radius 3 is 0.881 bits per heavy atom. The van der Waals surface area contributed by atoms with E-state index in [1.54, 1.807) is 13.8 Å². The average molecular weight is 1340 g/mol. The minimum atomic E-state index is -3.65. The fraction of sp³-hybridized carbons (Fsp3) is 1.00. The van der Waals surface area contributed by atoms with E-state index in [2.05, 4.69) is 105 Å². The van der Waals surface area contributed by atoms with Crippen molar-refractivity contribution in [3.8, 4) is 0 Å². The van der Waals surface area contributed by atoms with Crippen LogP contribution in [0, 0.1) is 10.8 Å². The molecule has 4 heterocycles. The molecule has 0 N–H and O–H groups in total. The number of ether oxygens (including phenoxy) is 9. The molecule has 4 fully saturated rings. The maximum Gasteiger partial charge on any atom is 0.361 e. The Labute approximate surface area is 517 Å². The van der Waals surface area contributed by atoms with Crippen molar-refractivity contribution < 1.29 is 76.7 Å². The van der Waals surface area contributed by atoms with Crippen LogP contribution in [-0.4, -0.2) is 182 Å². The van der Waals surface area contributed by atoms with Gasteiger partial charge in [-0.1, -0.05) is 39.5 Å². The first-order chi connectivity index (χ1) is 38.7. The van der Waals surface area contributed by atoms with Gasteiger partial charge in [0.05, 0.1) is 51.7 Å². The summed E-state index contributed by atoms with van der Waals surface area (Å²) < 4.78 is 147. The van der Waals surface area contributed by atoms with E-state index in [0.29, 0.717) is 90.6 Å². The molecule has 13 nitrogen and oxygen atoms in total. The van der Waals surface area contributed by atoms with Gasteiger partial charge in [-0.05, 0) is 204 Å². The summed E-state index contributed by atoms with van der Waals surface area (Å²) in [5.74, 6) is -3.28. The number of hydrogen-bond donors (Lipinski definition) is 0. The van der Waals surface area contributed by atoms with Gasteiger partial charge in [0.2, 0.25) is 0 Å². The van der Waals surface area contributed by atoms with E-state index in [9.17, 15) is 0 Å². The van der Waals surface area contributed by atoms with Crippen molar-refractivity contribution in [2.45, 2.75) is 287 Å². The Kier molecular flexibility index (Phi) is 31.0. The summed E-state index contributed by atoms with van der Waals surface area (Å²) in [6, 6.07) is 6.73. The summed E-state index contributed by atoms with van der Waals surface area (Å²) in [6.45, 7) is 45.7. The van der Waals surface area contributed by atoms with Crippen LogP contribution in [0.25, 0.3) is 0 Å². The number of alkyl halides is 4. The van der Waals surface area contributed by atoms with Crippen molar-refractivity contribution >= 4 is 66.5 Å². The minimum absolute atomic E-state index is 0.0671. The van der Waals surface area contributed by atoms with Crippen LogP contribution in [0.5, 0.6) is 0 Å². The maximum atomic E-state index is 17.4. The molecule has 5 atom stereocenters. The Bertz CT molecular complexity index is 1820. The molecule has 0 radical (unpaired) electrons. The SMILES string of the molecule is CC(CCC[Si](C)(C)O[Si](C)(C)CCCOCC1CO1)(CCC[Si](C)(C)O[Si](C)(C)CCCOC1CO1)C(F)(F)CCOC(F)(F)C(C)(CCC[Si](C)(C)O[Si](C)(C)CCCOCC1CO1)CCC[Si](C)(C)O[Si](C)(C)CCCOCC1CO1. The van der Waals surface area contributed by atoms with E-state index in [1.165, 1.54) is 0 Å². The smallest absolute Gasteiger partial charge is 0.361 e. The third-order valence-corrected chi connectivity index (χ3v) is 47.5. The van der Waals surface area contributed by atoms with Gasteiger partial charge in [-0.2, -0.15) is 8.78 Å². The average Bonchev–Trinajstić information content (AvgIpc) is 4.30. The van der Waals surface area contributed by atoms with Crippen molar-refractivity contribution in [2.24, 2.45) is 10.8 Å². The van der Waals surface area contributed by atoms with E-state index in [-0.39, 0.29) is 50.3 Å². The van der Waals surface area contributed by atoms with Crippen LogP contribution >= 0.6 is 0 Å². The first-order valence-electron chi connectivity index (χ1n) is 32.7. The molecular weight excluding hydrogens is 1220 g/mol. The third kappa shape index (κ3) is 33.0. The summed E-state index contributed by atoms with van der Waals surface area (Å²) in [7, 11) is -17.3. The van der Waals surface area contributed by atoms with E-state index in [1.807, 2.05) is 0 Å². The van der Waals surface area contributed by atoms with Crippen molar-refractivity contribution in [1.82, 2.24) is 0 Å². The minimum Gasteiger partial charge on any atom is -0.455 e. The standard InChI is InChI=1S/C59H124F4O13Si8/c1-56(28-20-38-78(5,6)76-84(17,18)44-26-35-67-55-51-71-55,27-19-37-77(3,4)73-81(11,12)41-23-32-64-45-52-48-68-52)58(60,61)31-36-72-59(62,63)57(2,29-21-39-79(7,8)74-82(13,14)42-24-33-65-46-53-49-69-53)30-22-40-80(9,10)75-83(15,16)43-25-34-66-47-54-50-70-54/h52-55H,19-51H2,1-18H3. The number of hydrogen-bond acceptors (Lipinski definition) is 13. The lowest BCUT2D eigenvalue weighted by molar-refractivity contribution is -0.312. The Hall–Kier alpha value is 0.935. The van der Waals surface area contributed by atoms with Gasteiger partial charge in [0.25, 0.3) is 5.92 Å². The highest BCUT2D eigenvalue weighted by atomic mass is 28.4. The van der Waals surface area contributed by atoms with Gasteiger partial charge in [-0.25, -0.2) is 8.78 Å². The second kappa shape index (κ2) is 33.7. The van der Waals surface area contributed by atoms with Crippen molar-refractivity contribution in [3.63, 3.8) is 0 Å². The molecule has 0 aromatic carbocycles. The van der Waals surface area contributed by atoms with Crippen LogP contribution in [0.4, 0.5) is 17.6 Å². The summed E-state index contributed by atoms with van der Waals surface area (Å²) in [6.07, 6.45) is 2.96. The molecule has 25 heteroatoms. The van der Waals surface area contributed by atoms with E-state index in [4.69, 9.17) is 59.1 Å². The molecule has 4 saturated heterocycles. The quantitative estimate of drug-likeness (QED) is 0.0248. The lowest BCUT2D eigenvalue weighted by atomic mass is 9.74. The van der Waals surface area contributed by atoms with E-state index >= 15 is 17.6 Å². The molecule has 0 saturated carbocycles. The Morgan fingerprint density at radius 2 is 0.607 bits per heavy atom. The van der Waals surface area contributed by atoms with Gasteiger partial charge in [0, 0.05) is 38.3 Å². The molecule has 498 valence electrons. The fourth-order valence-corrected chi connectivity index (χ4v) is 47.8. The number of rotatable bonds is 53. The summed E-state index contributed by atoms with van der Waals surface area (Å²) in [5, 5.41) is 0. The molecule has 4 aliphatic heterocycles. The van der Waals surface area contributed by atoms with Crippen molar-refractivity contribution in [2.75, 3.05) is 79.3 Å². The topological polar surface area (TPSA) is 133 Å². The van der Waals surface area contributed by atoms with Gasteiger partial charge < -0.3 is 59.1 Å². The second-order valence-corrected chi connectivity index (χ2v) is 66.4. The summed E-state index contributed by atoms with van der Waals surface area (Å²) >= 11 is 0. The first-order valence-corrected chi connectivity index (χ1v) is 57.6. The highest BCUT2D eigenvalue weighted by molar-refractivity contribution is 6.86. The molecule has 0 aromatic rings. The van der Waals surface area contributed by atoms with Crippen molar-refractivity contribution in [3.05, 3.63) is 0 Å². The van der Waals surface area contributed by atoms with E-state index in [0.717, 1.165) is 81.8 Å². The van der Waals surface area contributed by atoms with Crippen LogP contribution in [-0.2, 0) is 59.1 Å². The summed E-state index contributed by atoms with van der Waals surface area (Å²) in [4.78, 5) is 0. The largest absolute Gasteiger partial charge is 0.455 e. The molecule has 4 aliphatic rings. The fourth-order valence-electron chi connectivity index (χ4n) is 12.5. The molecule has 0 spiro atoms. The van der Waals surface area contributed by atoms with Crippen LogP contribution in [0.15, 0.2) is 0 Å². The van der Waals surface area contributed by atoms with Gasteiger partial charge >= 0.3 is 6.11 Å². The van der Waals surface area contributed by atoms with Gasteiger partial charge in [0.1, 0.15) is 24.9 Å². The highest BCUT2D eigenvalue weighted by Crippen LogP contribution is 2.51. The van der Waals surface area contributed by atoms with E-state index < -0.39 is 102 Å². The summed E-state index contributed by atoms with van der Waals surface area (Å²) in [5.41, 5.74) is -3.05. The van der Waals surface area contributed by atoms with Crippen LogP contribution in [0.3, 0.4) is 0 Å². The normalized spacial score (nSPS) is 21.6. The number of epoxide rings is 4. The lowest BCUT2D eigenvalue weighted by Gasteiger charge is -2.41. The van der Waals surface area contributed by atoms with Crippen LogP contribution in [0.2, 0.25) is 153 Å². The van der Waals surface area contributed by atoms with Gasteiger partial charge in [-0.15, -0.1) is 0 Å². The Morgan fingerprint density at radius 1 is 0.345 bits per heavy atom. The van der Waals surface area contributed by atoms with Crippen molar-refractivity contribution in [1.29, 1.82) is 0 Å². The van der Waals surface area contributed by atoms with Crippen LogP contribution < -0.4 is 0 Å². The second-order valence-electron chi connectivity index (χ2n) is 31.0. The zero-order valence-corrected chi connectivity index (χ0v) is 64.5. The predicted molar refractivity (Wildman–Crippen MR) is 352 cm³/mol. The third-order valence-electron chi connectivity index (χ3n) is 17.4. The first kappa shape index (κ1) is 77.4. The lowest BCUT2D eigenvalue weighted by Crippen LogP contribution is -2.47. The van der Waals surface area contributed by atoms with Gasteiger partial charge in [0.15, 0.2) is 72.8 Å². The molecule has 5 unspecified atom stereocenters. The molecule has 84 heavy (non-hydrogen) atoms. The zero-order valence-electron chi connectivity index (χ0n) is 56.5. The zero-order chi connectivity index (χ0) is 62.8. The molecule has 0 aliphatic carbocycles. The maximum absolute atomic E-state index is 17.4. The predicted octanol–water partition coefficient (Wildman–Crippen LogP) is 16.6. The highest BCUT2D eigenvalue weighted by Gasteiger charge is 2.54. The molecule has 0 amide bonds. The molecule has 0 bridgehead atoms. The van der Waals surface area contributed by atoms with Crippen LogP contribution in [0.1, 0.15) is 97.3 Å². The molecular formula is C59H124F4O13Si8. The monoisotopic (exact) mass is 1340 g/mol. The van der Waals surface area contributed by atoms with Gasteiger partial charge in [-0.3, -0.25) is 0 Å².